The summed E-state index contributed by atoms with van der Waals surface area (Å²) in [7, 11) is 4.03. The normalized spacial score (nSPS) is 13.1. The molecule has 1 rings (SSSR count). The summed E-state index contributed by atoms with van der Waals surface area (Å²) in [6, 6.07) is 2.31. The Morgan fingerprint density at radius 3 is 2.53 bits per heavy atom. The number of nitrogens with one attached hydrogen (secondary N) is 1. The molecule has 0 spiro atoms. The third-order valence-corrected chi connectivity index (χ3v) is 3.52. The molecule has 0 aliphatic heterocycles. The summed E-state index contributed by atoms with van der Waals surface area (Å²) in [5, 5.41) is 7.11. The molecular formula is C12H23Cl2N3OS. The van der Waals surface area contributed by atoms with E-state index in [9.17, 15) is 4.79 Å². The Balaban J connectivity index is 0. The average Bonchev–Trinajstić information content (AvgIpc) is 2.81. The Hall–Kier alpha value is -0.330. The summed E-state index contributed by atoms with van der Waals surface area (Å²) < 4.78 is 0. The molecule has 0 aliphatic carbocycles. The van der Waals surface area contributed by atoms with Crippen LogP contribution in [0.4, 0.5) is 0 Å². The Labute approximate surface area is 131 Å². The minimum atomic E-state index is -0.125. The quantitative estimate of drug-likeness (QED) is 0.839. The fourth-order valence-corrected chi connectivity index (χ4v) is 2.25. The Bertz CT molecular complexity index is 347. The van der Waals surface area contributed by atoms with Crippen LogP contribution < -0.4 is 11.1 Å². The van der Waals surface area contributed by atoms with Crippen LogP contribution in [0.2, 0.25) is 0 Å². The molecule has 1 aromatic rings. The van der Waals surface area contributed by atoms with Crippen LogP contribution in [0, 0.1) is 5.92 Å². The lowest BCUT2D eigenvalue weighted by Gasteiger charge is -2.24. The van der Waals surface area contributed by atoms with Crippen LogP contribution in [0.25, 0.3) is 0 Å². The summed E-state index contributed by atoms with van der Waals surface area (Å²) in [6.45, 7) is 2.84. The van der Waals surface area contributed by atoms with E-state index < -0.39 is 0 Å². The lowest BCUT2D eigenvalue weighted by molar-refractivity contribution is -0.124. The van der Waals surface area contributed by atoms with Crippen molar-refractivity contribution in [2.75, 3.05) is 27.2 Å². The first-order valence-electron chi connectivity index (χ1n) is 5.72. The number of halogens is 2. The smallest absolute Gasteiger partial charge is 0.224 e. The molecule has 2 atom stereocenters. The van der Waals surface area contributed by atoms with Gasteiger partial charge in [0.1, 0.15) is 0 Å². The number of thiophene rings is 1. The van der Waals surface area contributed by atoms with Gasteiger partial charge in [0.15, 0.2) is 0 Å². The van der Waals surface area contributed by atoms with E-state index in [-0.39, 0.29) is 42.7 Å². The molecule has 4 nitrogen and oxygen atoms in total. The topological polar surface area (TPSA) is 58.4 Å². The molecule has 1 aromatic heterocycles. The van der Waals surface area contributed by atoms with Gasteiger partial charge in [-0.1, -0.05) is 6.92 Å². The van der Waals surface area contributed by atoms with Gasteiger partial charge in [0.2, 0.25) is 5.91 Å². The molecule has 7 heteroatoms. The highest BCUT2D eigenvalue weighted by molar-refractivity contribution is 7.07. The maximum absolute atomic E-state index is 11.7. The van der Waals surface area contributed by atoms with Crippen LogP contribution in [-0.2, 0) is 4.79 Å². The predicted molar refractivity (Wildman–Crippen MR) is 86.5 cm³/mol. The Morgan fingerprint density at radius 1 is 1.47 bits per heavy atom. The molecule has 19 heavy (non-hydrogen) atoms. The minimum Gasteiger partial charge on any atom is -0.354 e. The van der Waals surface area contributed by atoms with Crippen molar-refractivity contribution < 1.29 is 4.79 Å². The van der Waals surface area contributed by atoms with Gasteiger partial charge in [0.25, 0.3) is 0 Å². The van der Waals surface area contributed by atoms with Gasteiger partial charge in [0.05, 0.1) is 6.04 Å². The highest BCUT2D eigenvalue weighted by atomic mass is 35.5. The number of likely N-dealkylation sites (N-methyl/N-ethyl adjacent to an activating group) is 1. The molecule has 0 fully saturated rings. The molecule has 2 unspecified atom stereocenters. The molecule has 0 saturated carbocycles. The third kappa shape index (κ3) is 6.58. The average molecular weight is 328 g/mol. The minimum absolute atomic E-state index is 0. The van der Waals surface area contributed by atoms with Crippen LogP contribution in [-0.4, -0.2) is 38.0 Å². The second-order valence-corrected chi connectivity index (χ2v) is 5.20. The van der Waals surface area contributed by atoms with Crippen LogP contribution >= 0.6 is 36.2 Å². The summed E-state index contributed by atoms with van der Waals surface area (Å²) >= 11 is 1.67. The van der Waals surface area contributed by atoms with Gasteiger partial charge in [-0.15, -0.1) is 24.8 Å². The van der Waals surface area contributed by atoms with Crippen LogP contribution in [0.5, 0.6) is 0 Å². The van der Waals surface area contributed by atoms with E-state index in [4.69, 9.17) is 5.73 Å². The van der Waals surface area contributed by atoms with E-state index in [1.807, 2.05) is 21.0 Å². The van der Waals surface area contributed by atoms with Gasteiger partial charge >= 0.3 is 0 Å². The zero-order valence-corrected chi connectivity index (χ0v) is 13.9. The van der Waals surface area contributed by atoms with Crippen molar-refractivity contribution in [3.8, 4) is 0 Å². The first kappa shape index (κ1) is 21.0. The molecule has 3 N–H and O–H groups in total. The largest absolute Gasteiger partial charge is 0.354 e. The fourth-order valence-electron chi connectivity index (χ4n) is 1.54. The van der Waals surface area contributed by atoms with Crippen molar-refractivity contribution in [3.63, 3.8) is 0 Å². The van der Waals surface area contributed by atoms with Crippen molar-refractivity contribution in [1.82, 2.24) is 10.2 Å². The van der Waals surface area contributed by atoms with E-state index in [0.29, 0.717) is 13.1 Å². The molecule has 0 aliphatic rings. The van der Waals surface area contributed by atoms with Crippen molar-refractivity contribution >= 4 is 42.1 Å². The number of hydrogen-bond donors (Lipinski definition) is 2. The van der Waals surface area contributed by atoms with Crippen molar-refractivity contribution in [1.29, 1.82) is 0 Å². The highest BCUT2D eigenvalue weighted by Gasteiger charge is 2.17. The van der Waals surface area contributed by atoms with E-state index in [2.05, 4.69) is 27.0 Å². The van der Waals surface area contributed by atoms with Crippen molar-refractivity contribution in [3.05, 3.63) is 22.4 Å². The number of amides is 1. The second kappa shape index (κ2) is 10.5. The van der Waals surface area contributed by atoms with Gasteiger partial charge in [0, 0.05) is 19.0 Å². The van der Waals surface area contributed by atoms with Crippen molar-refractivity contribution in [2.24, 2.45) is 11.7 Å². The number of carbonyl (C=O) groups excluding carboxylic acids is 1. The summed E-state index contributed by atoms with van der Waals surface area (Å²) in [5.74, 6) is -0.102. The molecule has 0 aromatic carbocycles. The predicted octanol–water partition coefficient (Wildman–Crippen LogP) is 1.91. The molecule has 0 saturated heterocycles. The first-order valence-corrected chi connectivity index (χ1v) is 6.66. The fraction of sp³-hybridized carbons (Fsp3) is 0.583. The monoisotopic (exact) mass is 327 g/mol. The molecule has 1 heterocycles. The van der Waals surface area contributed by atoms with Crippen molar-refractivity contribution in [2.45, 2.75) is 13.0 Å². The SMILES string of the molecule is CC(CN)C(=O)NCC(c1ccsc1)N(C)C.Cl.Cl. The molecule has 1 amide bonds. The van der Waals surface area contributed by atoms with Gasteiger partial charge < -0.3 is 16.0 Å². The number of rotatable bonds is 6. The first-order chi connectivity index (χ1) is 8.06. The van der Waals surface area contributed by atoms with E-state index in [1.165, 1.54) is 5.56 Å². The van der Waals surface area contributed by atoms with Crippen LogP contribution in [0.1, 0.15) is 18.5 Å². The lowest BCUT2D eigenvalue weighted by Crippen LogP contribution is -2.38. The summed E-state index contributed by atoms with van der Waals surface area (Å²) in [6.07, 6.45) is 0. The standard InChI is InChI=1S/C12H21N3OS.2ClH/c1-9(6-13)12(16)14-7-11(15(2)3)10-4-5-17-8-10;;/h4-5,8-9,11H,6-7,13H2,1-3H3,(H,14,16);2*1H. The second-order valence-electron chi connectivity index (χ2n) is 4.42. The Kier molecular flexibility index (Phi) is 11.5. The van der Waals surface area contributed by atoms with Crippen LogP contribution in [0.3, 0.4) is 0 Å². The zero-order valence-electron chi connectivity index (χ0n) is 11.5. The summed E-state index contributed by atoms with van der Waals surface area (Å²) in [5.41, 5.74) is 6.70. The number of nitrogens with two attached hydrogens (primary N) is 1. The summed E-state index contributed by atoms with van der Waals surface area (Å²) in [4.78, 5) is 13.8. The maximum atomic E-state index is 11.7. The zero-order chi connectivity index (χ0) is 12.8. The van der Waals surface area contributed by atoms with E-state index in [1.54, 1.807) is 11.3 Å². The van der Waals surface area contributed by atoms with Crippen LogP contribution in [0.15, 0.2) is 16.8 Å². The van der Waals surface area contributed by atoms with E-state index in [0.717, 1.165) is 0 Å². The van der Waals surface area contributed by atoms with E-state index >= 15 is 0 Å². The molecule has 112 valence electrons. The number of nitrogens with zero attached hydrogens (tertiary/aromatic N) is 1. The number of hydrogen-bond acceptors (Lipinski definition) is 4. The van der Waals surface area contributed by atoms with Gasteiger partial charge in [-0.3, -0.25) is 4.79 Å². The lowest BCUT2D eigenvalue weighted by atomic mass is 10.1. The maximum Gasteiger partial charge on any atom is 0.224 e. The molecular weight excluding hydrogens is 305 g/mol. The molecule has 0 bridgehead atoms. The highest BCUT2D eigenvalue weighted by Crippen LogP contribution is 2.19. The van der Waals surface area contributed by atoms with Gasteiger partial charge in [-0.2, -0.15) is 11.3 Å². The Morgan fingerprint density at radius 2 is 2.11 bits per heavy atom. The third-order valence-electron chi connectivity index (χ3n) is 2.82. The van der Waals surface area contributed by atoms with Gasteiger partial charge in [-0.25, -0.2) is 0 Å². The molecule has 0 radical (unpaired) electrons. The van der Waals surface area contributed by atoms with Gasteiger partial charge in [-0.05, 0) is 36.5 Å². The number of carbonyl (C=O) groups is 1.